The largest absolute Gasteiger partial charge is 0.338 e. The number of nitrogens with zero attached hydrogens (tertiary/aromatic N) is 5. The first-order chi connectivity index (χ1) is 14.2. The minimum Gasteiger partial charge on any atom is -0.338 e. The molecule has 0 fully saturated rings. The first kappa shape index (κ1) is 19.3. The van der Waals surface area contributed by atoms with Gasteiger partial charge in [0.25, 0.3) is 0 Å². The predicted octanol–water partition coefficient (Wildman–Crippen LogP) is 4.84. The van der Waals surface area contributed by atoms with Crippen molar-refractivity contribution < 1.29 is 13.3 Å². The fraction of sp³-hybridized carbons (Fsp3) is 0.200. The minimum absolute atomic E-state index is 0.162. The van der Waals surface area contributed by atoms with E-state index in [1.165, 1.54) is 23.9 Å². The summed E-state index contributed by atoms with van der Waals surface area (Å²) in [4.78, 5) is 4.33. The summed E-state index contributed by atoms with van der Waals surface area (Å²) in [5, 5.41) is 12.8. The number of hydrogen-bond donors (Lipinski definition) is 0. The van der Waals surface area contributed by atoms with Crippen LogP contribution in [0.25, 0.3) is 17.1 Å². The Kier molecular flexibility index (Phi) is 5.66. The van der Waals surface area contributed by atoms with Gasteiger partial charge in [-0.3, -0.25) is 4.57 Å². The van der Waals surface area contributed by atoms with Crippen molar-refractivity contribution in [3.8, 4) is 17.1 Å². The van der Waals surface area contributed by atoms with Crippen LogP contribution in [-0.4, -0.2) is 24.9 Å². The van der Waals surface area contributed by atoms with Crippen molar-refractivity contribution in [2.24, 2.45) is 0 Å². The van der Waals surface area contributed by atoms with Crippen LogP contribution in [0.3, 0.4) is 0 Å². The van der Waals surface area contributed by atoms with Crippen LogP contribution in [-0.2, 0) is 12.2 Å². The lowest BCUT2D eigenvalue weighted by atomic mass is 10.2. The zero-order valence-corrected chi connectivity index (χ0v) is 16.4. The molecule has 0 amide bonds. The molecule has 148 valence electrons. The van der Waals surface area contributed by atoms with Gasteiger partial charge >= 0.3 is 0 Å². The molecule has 0 unspecified atom stereocenters. The van der Waals surface area contributed by atoms with Gasteiger partial charge in [-0.05, 0) is 18.6 Å². The van der Waals surface area contributed by atoms with E-state index >= 15 is 0 Å². The molecule has 0 aliphatic heterocycles. The maximum absolute atomic E-state index is 14.6. The van der Waals surface area contributed by atoms with E-state index in [0.29, 0.717) is 28.4 Å². The second kappa shape index (κ2) is 8.52. The Morgan fingerprint density at radius 1 is 1.07 bits per heavy atom. The number of thioether (sulfide) groups is 1. The Labute approximate surface area is 170 Å². The van der Waals surface area contributed by atoms with Crippen LogP contribution in [0, 0.1) is 11.6 Å². The topological polar surface area (TPSA) is 69.6 Å². The number of halogens is 2. The molecule has 4 aromatic rings. The van der Waals surface area contributed by atoms with Crippen molar-refractivity contribution in [3.05, 3.63) is 71.9 Å². The van der Waals surface area contributed by atoms with Crippen molar-refractivity contribution in [2.75, 3.05) is 0 Å². The monoisotopic (exact) mass is 413 g/mol. The van der Waals surface area contributed by atoms with Crippen LogP contribution in [0.4, 0.5) is 8.78 Å². The van der Waals surface area contributed by atoms with Crippen LogP contribution in [0.5, 0.6) is 0 Å². The number of hydrogen-bond acceptors (Lipinski definition) is 6. The lowest BCUT2D eigenvalue weighted by Crippen LogP contribution is -2.03. The molecule has 0 saturated carbocycles. The Morgan fingerprint density at radius 3 is 2.66 bits per heavy atom. The van der Waals surface area contributed by atoms with E-state index in [1.807, 2.05) is 37.3 Å². The van der Waals surface area contributed by atoms with Crippen LogP contribution in [0.2, 0.25) is 0 Å². The average molecular weight is 413 g/mol. The van der Waals surface area contributed by atoms with Gasteiger partial charge in [0.1, 0.15) is 11.6 Å². The highest BCUT2D eigenvalue weighted by molar-refractivity contribution is 7.98. The fourth-order valence-electron chi connectivity index (χ4n) is 2.82. The highest BCUT2D eigenvalue weighted by atomic mass is 32.2. The van der Waals surface area contributed by atoms with Gasteiger partial charge in [0.05, 0.1) is 11.4 Å². The van der Waals surface area contributed by atoms with E-state index in [1.54, 1.807) is 4.57 Å². The Morgan fingerprint density at radius 2 is 1.90 bits per heavy atom. The lowest BCUT2D eigenvalue weighted by Gasteiger charge is -2.11. The lowest BCUT2D eigenvalue weighted by molar-refractivity contribution is 0.384. The van der Waals surface area contributed by atoms with Gasteiger partial charge in [0.15, 0.2) is 16.8 Å². The molecule has 0 atom stereocenters. The van der Waals surface area contributed by atoms with E-state index in [9.17, 15) is 8.78 Å². The summed E-state index contributed by atoms with van der Waals surface area (Å²) in [7, 11) is 0. The summed E-state index contributed by atoms with van der Waals surface area (Å²) in [6, 6.07) is 12.7. The zero-order valence-electron chi connectivity index (χ0n) is 15.5. The van der Waals surface area contributed by atoms with E-state index < -0.39 is 11.6 Å². The highest BCUT2D eigenvalue weighted by Crippen LogP contribution is 2.30. The smallest absolute Gasteiger partial charge is 0.237 e. The van der Waals surface area contributed by atoms with Crippen molar-refractivity contribution in [3.63, 3.8) is 0 Å². The van der Waals surface area contributed by atoms with Gasteiger partial charge in [-0.2, -0.15) is 4.98 Å². The van der Waals surface area contributed by atoms with E-state index in [4.69, 9.17) is 4.52 Å². The normalized spacial score (nSPS) is 11.1. The summed E-state index contributed by atoms with van der Waals surface area (Å²) in [6.07, 6.45) is 1.66. The third-order valence-corrected chi connectivity index (χ3v) is 5.04. The number of benzene rings is 2. The fourth-order valence-corrected chi connectivity index (χ4v) is 3.60. The molecule has 2 aromatic carbocycles. The van der Waals surface area contributed by atoms with Crippen molar-refractivity contribution in [2.45, 2.75) is 30.7 Å². The summed E-state index contributed by atoms with van der Waals surface area (Å²) in [5.41, 5.74) is 0.925. The SMILES string of the molecule is CCCc1noc(CSc2nnc(-c3ccccc3)n2-c2ccc(F)cc2F)n1. The zero-order chi connectivity index (χ0) is 20.2. The molecule has 4 rings (SSSR count). The molecule has 0 aliphatic carbocycles. The Balaban J connectivity index is 1.70. The average Bonchev–Trinajstić information content (AvgIpc) is 3.34. The number of aromatic nitrogens is 5. The maximum Gasteiger partial charge on any atom is 0.237 e. The highest BCUT2D eigenvalue weighted by Gasteiger charge is 2.20. The van der Waals surface area contributed by atoms with Gasteiger partial charge in [-0.15, -0.1) is 10.2 Å². The van der Waals surface area contributed by atoms with E-state index in [-0.39, 0.29) is 5.69 Å². The van der Waals surface area contributed by atoms with Crippen molar-refractivity contribution in [1.82, 2.24) is 24.9 Å². The minimum atomic E-state index is -0.702. The predicted molar refractivity (Wildman–Crippen MR) is 105 cm³/mol. The molecule has 2 aromatic heterocycles. The molecule has 0 radical (unpaired) electrons. The van der Waals surface area contributed by atoms with Crippen LogP contribution in [0.1, 0.15) is 25.1 Å². The summed E-state index contributed by atoms with van der Waals surface area (Å²) in [6.45, 7) is 2.04. The maximum atomic E-state index is 14.6. The van der Waals surface area contributed by atoms with Gasteiger partial charge in [0, 0.05) is 18.1 Å². The molecule has 0 aliphatic rings. The van der Waals surface area contributed by atoms with E-state index in [0.717, 1.165) is 24.5 Å². The second-order valence-electron chi connectivity index (χ2n) is 6.25. The van der Waals surface area contributed by atoms with Crippen molar-refractivity contribution in [1.29, 1.82) is 0 Å². The van der Waals surface area contributed by atoms with Crippen LogP contribution in [0.15, 0.2) is 58.2 Å². The van der Waals surface area contributed by atoms with Crippen LogP contribution < -0.4 is 0 Å². The van der Waals surface area contributed by atoms with Gasteiger partial charge < -0.3 is 4.52 Å². The summed E-state index contributed by atoms with van der Waals surface area (Å²) in [5.74, 6) is 0.562. The van der Waals surface area contributed by atoms with Gasteiger partial charge in [-0.25, -0.2) is 8.78 Å². The molecule has 6 nitrogen and oxygen atoms in total. The third kappa shape index (κ3) is 4.19. The Hall–Kier alpha value is -3.07. The first-order valence-corrected chi connectivity index (χ1v) is 10.0. The van der Waals surface area contributed by atoms with Gasteiger partial charge in [0.2, 0.25) is 5.89 Å². The van der Waals surface area contributed by atoms with Crippen molar-refractivity contribution >= 4 is 11.8 Å². The second-order valence-corrected chi connectivity index (χ2v) is 7.19. The number of aryl methyl sites for hydroxylation is 1. The molecular formula is C20H17F2N5OS. The molecule has 9 heteroatoms. The quantitative estimate of drug-likeness (QED) is 0.404. The number of rotatable bonds is 7. The molecule has 0 spiro atoms. The molecule has 0 N–H and O–H groups in total. The molecule has 29 heavy (non-hydrogen) atoms. The Bertz CT molecular complexity index is 1110. The summed E-state index contributed by atoms with van der Waals surface area (Å²) >= 11 is 1.29. The standard InChI is InChI=1S/C20H17F2N5OS/c1-2-6-17-23-18(28-26-17)12-29-20-25-24-19(13-7-4-3-5-8-13)27(20)16-10-9-14(21)11-15(16)22/h3-5,7-11H,2,6,12H2,1H3. The third-order valence-electron chi connectivity index (χ3n) is 4.12. The van der Waals surface area contributed by atoms with E-state index in [2.05, 4.69) is 20.3 Å². The van der Waals surface area contributed by atoms with Gasteiger partial charge in [-0.1, -0.05) is 54.2 Å². The van der Waals surface area contributed by atoms with Crippen LogP contribution >= 0.6 is 11.8 Å². The molecule has 0 saturated heterocycles. The molecule has 2 heterocycles. The molecule has 0 bridgehead atoms. The summed E-state index contributed by atoms with van der Waals surface area (Å²) < 4.78 is 34.8. The first-order valence-electron chi connectivity index (χ1n) is 9.06. The molecular weight excluding hydrogens is 396 g/mol.